The minimum atomic E-state index is -0.621. The van der Waals surface area contributed by atoms with Crippen LogP contribution in [-0.2, 0) is 17.8 Å². The lowest BCUT2D eigenvalue weighted by Gasteiger charge is -2.34. The molecule has 198 valence electrons. The lowest BCUT2D eigenvalue weighted by Crippen LogP contribution is -2.48. The lowest BCUT2D eigenvalue weighted by molar-refractivity contribution is -0.120. The Balaban J connectivity index is 1.70. The molecule has 0 aliphatic carbocycles. The van der Waals surface area contributed by atoms with Crippen LogP contribution in [0.3, 0.4) is 0 Å². The number of H-pyrrole nitrogens is 1. The fourth-order valence-corrected chi connectivity index (χ4v) is 4.79. The van der Waals surface area contributed by atoms with Gasteiger partial charge in [0.05, 0.1) is 13.7 Å². The number of nitrogen functional groups attached to an aromatic ring is 1. The number of likely N-dealkylation sites (tertiary alicyclic amines) is 1. The van der Waals surface area contributed by atoms with E-state index < -0.39 is 11.2 Å². The Kier molecular flexibility index (Phi) is 9.37. The largest absolute Gasteiger partial charge is 0.497 e. The second kappa shape index (κ2) is 12.3. The van der Waals surface area contributed by atoms with Gasteiger partial charge in [0.15, 0.2) is 5.69 Å². The zero-order chi connectivity index (χ0) is 26.4. The molecule has 1 aromatic carbocycles. The minimum absolute atomic E-state index is 0.0460. The summed E-state index contributed by atoms with van der Waals surface area (Å²) in [4.78, 5) is 44.7. The molecule has 0 saturated carbocycles. The molecule has 0 radical (unpaired) electrons. The van der Waals surface area contributed by atoms with Crippen LogP contribution in [0.1, 0.15) is 46.1 Å². The molecule has 9 heteroatoms. The van der Waals surface area contributed by atoms with Crippen LogP contribution in [-0.4, -0.2) is 53.6 Å². The maximum atomic E-state index is 13.5. The van der Waals surface area contributed by atoms with Crippen LogP contribution in [0.15, 0.2) is 33.9 Å². The highest BCUT2D eigenvalue weighted by atomic mass is 16.5. The molecule has 3 N–H and O–H groups in total. The van der Waals surface area contributed by atoms with E-state index in [4.69, 9.17) is 10.5 Å². The fraction of sp³-hybridized carbons (Fsp3) is 0.593. The van der Waals surface area contributed by atoms with E-state index in [9.17, 15) is 14.4 Å². The number of ether oxygens (including phenoxy) is 1. The number of benzene rings is 1. The number of nitrogens with one attached hydrogen (secondary N) is 1. The maximum absolute atomic E-state index is 13.5. The predicted molar refractivity (Wildman–Crippen MR) is 144 cm³/mol. The number of aromatic amines is 1. The quantitative estimate of drug-likeness (QED) is 0.520. The first kappa shape index (κ1) is 27.5. The van der Waals surface area contributed by atoms with Crippen molar-refractivity contribution in [2.24, 2.45) is 17.8 Å². The van der Waals surface area contributed by atoms with Crippen molar-refractivity contribution in [2.45, 2.75) is 53.5 Å². The fourth-order valence-electron chi connectivity index (χ4n) is 4.79. The molecular weight excluding hydrogens is 458 g/mol. The van der Waals surface area contributed by atoms with Crippen molar-refractivity contribution < 1.29 is 9.53 Å². The van der Waals surface area contributed by atoms with Gasteiger partial charge in [0, 0.05) is 13.1 Å². The lowest BCUT2D eigenvalue weighted by atomic mass is 9.90. The average Bonchev–Trinajstić information content (AvgIpc) is 2.82. The molecule has 0 spiro atoms. The van der Waals surface area contributed by atoms with Crippen molar-refractivity contribution >= 4 is 17.4 Å². The molecule has 1 amide bonds. The Labute approximate surface area is 213 Å². The van der Waals surface area contributed by atoms with Crippen molar-refractivity contribution in [1.29, 1.82) is 0 Å². The highest BCUT2D eigenvalue weighted by Gasteiger charge is 2.28. The number of aromatic nitrogens is 2. The van der Waals surface area contributed by atoms with Crippen molar-refractivity contribution in [2.75, 3.05) is 43.9 Å². The van der Waals surface area contributed by atoms with Gasteiger partial charge in [0.25, 0.3) is 5.56 Å². The van der Waals surface area contributed by atoms with E-state index in [1.54, 1.807) is 7.11 Å². The molecule has 1 saturated heterocycles. The summed E-state index contributed by atoms with van der Waals surface area (Å²) in [6.07, 6.45) is 3.02. The summed E-state index contributed by atoms with van der Waals surface area (Å²) in [5.74, 6) is 1.56. The summed E-state index contributed by atoms with van der Waals surface area (Å²) < 4.78 is 6.59. The molecule has 0 unspecified atom stereocenters. The molecule has 1 aromatic heterocycles. The van der Waals surface area contributed by atoms with E-state index in [1.807, 2.05) is 39.8 Å². The first-order valence-corrected chi connectivity index (χ1v) is 12.9. The summed E-state index contributed by atoms with van der Waals surface area (Å²) in [6.45, 7) is 10.5. The van der Waals surface area contributed by atoms with Crippen molar-refractivity contribution in [1.82, 2.24) is 14.5 Å². The molecule has 2 heterocycles. The number of rotatable bonds is 10. The third kappa shape index (κ3) is 7.00. The van der Waals surface area contributed by atoms with Crippen molar-refractivity contribution in [3.05, 3.63) is 50.7 Å². The SMILES string of the molecule is COc1ccc(CC2CCN(CC(=O)N(CC(C)C)c3c(N)n(CC(C)C)c(=O)[nH]c3=O)CC2)cc1. The summed E-state index contributed by atoms with van der Waals surface area (Å²) >= 11 is 0. The normalized spacial score (nSPS) is 15.0. The van der Waals surface area contributed by atoms with Gasteiger partial charge in [-0.25, -0.2) is 4.79 Å². The third-order valence-corrected chi connectivity index (χ3v) is 6.63. The Bertz CT molecular complexity index is 1130. The smallest absolute Gasteiger partial charge is 0.330 e. The Hall–Kier alpha value is -3.07. The first-order chi connectivity index (χ1) is 17.1. The summed E-state index contributed by atoms with van der Waals surface area (Å²) in [5, 5.41) is 0. The third-order valence-electron chi connectivity index (χ3n) is 6.63. The van der Waals surface area contributed by atoms with Crippen LogP contribution in [0.5, 0.6) is 5.75 Å². The van der Waals surface area contributed by atoms with Crippen LogP contribution in [0.2, 0.25) is 0 Å². The Morgan fingerprint density at radius 2 is 1.75 bits per heavy atom. The van der Waals surface area contributed by atoms with Crippen molar-refractivity contribution in [3.63, 3.8) is 0 Å². The summed E-state index contributed by atoms with van der Waals surface area (Å²) in [6, 6.07) is 8.20. The van der Waals surface area contributed by atoms with Gasteiger partial charge in [-0.2, -0.15) is 0 Å². The van der Waals surface area contributed by atoms with Gasteiger partial charge in [0.2, 0.25) is 5.91 Å². The highest BCUT2D eigenvalue weighted by Crippen LogP contribution is 2.24. The van der Waals surface area contributed by atoms with Crippen LogP contribution in [0.4, 0.5) is 11.5 Å². The first-order valence-electron chi connectivity index (χ1n) is 12.9. The number of hydrogen-bond donors (Lipinski definition) is 2. The molecule has 0 atom stereocenters. The number of nitrogens with zero attached hydrogens (tertiary/aromatic N) is 3. The molecule has 1 fully saturated rings. The standard InChI is InChI=1S/C27H41N5O4/c1-18(2)15-31(24-25(28)32(16-19(3)4)27(35)29-26(24)34)23(33)17-30-12-10-21(11-13-30)14-20-6-8-22(36-5)9-7-20/h6-9,18-19,21H,10-17,28H2,1-5H3,(H,29,34,35). The second-order valence-electron chi connectivity index (χ2n) is 10.7. The molecule has 2 aromatic rings. The van der Waals surface area contributed by atoms with E-state index in [2.05, 4.69) is 22.0 Å². The van der Waals surface area contributed by atoms with E-state index in [0.717, 1.165) is 38.1 Å². The van der Waals surface area contributed by atoms with Gasteiger partial charge in [-0.3, -0.25) is 24.0 Å². The zero-order valence-corrected chi connectivity index (χ0v) is 22.3. The molecular formula is C27H41N5O4. The number of anilines is 2. The molecule has 36 heavy (non-hydrogen) atoms. The average molecular weight is 500 g/mol. The molecule has 3 rings (SSSR count). The van der Waals surface area contributed by atoms with Gasteiger partial charge in [0.1, 0.15) is 11.6 Å². The van der Waals surface area contributed by atoms with Gasteiger partial charge < -0.3 is 15.4 Å². The van der Waals surface area contributed by atoms with Crippen LogP contribution >= 0.6 is 0 Å². The second-order valence-corrected chi connectivity index (χ2v) is 10.7. The zero-order valence-electron chi connectivity index (χ0n) is 22.3. The van der Waals surface area contributed by atoms with Gasteiger partial charge in [-0.15, -0.1) is 0 Å². The van der Waals surface area contributed by atoms with E-state index >= 15 is 0 Å². The number of nitrogens with two attached hydrogens (primary N) is 1. The number of methoxy groups -OCH3 is 1. The van der Waals surface area contributed by atoms with Gasteiger partial charge >= 0.3 is 5.69 Å². The molecule has 0 bridgehead atoms. The number of carbonyl (C=O) groups excluding carboxylic acids is 1. The van der Waals surface area contributed by atoms with E-state index in [1.165, 1.54) is 15.0 Å². The topological polar surface area (TPSA) is 114 Å². The van der Waals surface area contributed by atoms with Gasteiger partial charge in [-0.05, 0) is 67.8 Å². The number of piperidine rings is 1. The van der Waals surface area contributed by atoms with Crippen LogP contribution < -0.4 is 26.6 Å². The number of carbonyl (C=O) groups is 1. The van der Waals surface area contributed by atoms with Crippen LogP contribution in [0, 0.1) is 17.8 Å². The number of amides is 1. The predicted octanol–water partition coefficient (Wildman–Crippen LogP) is 2.73. The van der Waals surface area contributed by atoms with Crippen molar-refractivity contribution in [3.8, 4) is 5.75 Å². The Morgan fingerprint density at radius 3 is 2.31 bits per heavy atom. The number of hydrogen-bond acceptors (Lipinski definition) is 6. The summed E-state index contributed by atoms with van der Waals surface area (Å²) in [7, 11) is 1.67. The Morgan fingerprint density at radius 1 is 1.11 bits per heavy atom. The van der Waals surface area contributed by atoms with Gasteiger partial charge in [-0.1, -0.05) is 39.8 Å². The molecule has 9 nitrogen and oxygen atoms in total. The monoisotopic (exact) mass is 499 g/mol. The molecule has 1 aliphatic rings. The highest BCUT2D eigenvalue weighted by molar-refractivity contribution is 5.96. The van der Waals surface area contributed by atoms with E-state index in [-0.39, 0.29) is 35.8 Å². The summed E-state index contributed by atoms with van der Waals surface area (Å²) in [5.41, 5.74) is 6.51. The maximum Gasteiger partial charge on any atom is 0.330 e. The molecule has 1 aliphatic heterocycles. The van der Waals surface area contributed by atoms with E-state index in [0.29, 0.717) is 19.0 Å². The van der Waals surface area contributed by atoms with Crippen LogP contribution in [0.25, 0.3) is 0 Å². The minimum Gasteiger partial charge on any atom is -0.497 e.